The van der Waals surface area contributed by atoms with Crippen LogP contribution in [0.3, 0.4) is 0 Å². The molecule has 1 saturated heterocycles. The molecule has 15 heavy (non-hydrogen) atoms. The van der Waals surface area contributed by atoms with Crippen molar-refractivity contribution >= 4 is 10.0 Å². The number of rotatable bonds is 6. The second-order valence-electron chi connectivity index (χ2n) is 3.67. The number of hydrogen-bond acceptors (Lipinski definition) is 3. The second kappa shape index (κ2) is 6.25. The van der Waals surface area contributed by atoms with Gasteiger partial charge in [-0.1, -0.05) is 12.2 Å². The predicted molar refractivity (Wildman–Crippen MR) is 60.2 cm³/mol. The maximum absolute atomic E-state index is 11.5. The summed E-state index contributed by atoms with van der Waals surface area (Å²) in [5, 5.41) is 0. The van der Waals surface area contributed by atoms with Crippen LogP contribution in [0.5, 0.6) is 0 Å². The summed E-state index contributed by atoms with van der Waals surface area (Å²) in [7, 11) is -3.15. The highest BCUT2D eigenvalue weighted by Crippen LogP contribution is 2.13. The van der Waals surface area contributed by atoms with Gasteiger partial charge in [-0.15, -0.1) is 0 Å². The van der Waals surface area contributed by atoms with Gasteiger partial charge in [-0.2, -0.15) is 0 Å². The van der Waals surface area contributed by atoms with E-state index in [4.69, 9.17) is 4.74 Å². The van der Waals surface area contributed by atoms with E-state index in [1.807, 2.05) is 19.1 Å². The van der Waals surface area contributed by atoms with Crippen LogP contribution in [-0.4, -0.2) is 33.4 Å². The molecule has 0 spiro atoms. The van der Waals surface area contributed by atoms with Crippen LogP contribution in [0, 0.1) is 0 Å². The zero-order valence-corrected chi connectivity index (χ0v) is 9.92. The number of hydrogen-bond donors (Lipinski definition) is 1. The minimum atomic E-state index is -3.15. The van der Waals surface area contributed by atoms with Gasteiger partial charge in [0, 0.05) is 13.2 Å². The molecule has 88 valence electrons. The summed E-state index contributed by atoms with van der Waals surface area (Å²) in [5.74, 6) is 0.100. The van der Waals surface area contributed by atoms with Crippen LogP contribution in [0.25, 0.3) is 0 Å². The lowest BCUT2D eigenvalue weighted by molar-refractivity contribution is 0.127. The summed E-state index contributed by atoms with van der Waals surface area (Å²) in [6, 6.07) is 0. The van der Waals surface area contributed by atoms with Crippen LogP contribution in [0.2, 0.25) is 0 Å². The minimum absolute atomic E-state index is 0.100. The van der Waals surface area contributed by atoms with E-state index in [2.05, 4.69) is 4.72 Å². The third-order valence-corrected chi connectivity index (χ3v) is 3.75. The Morgan fingerprint density at radius 2 is 2.33 bits per heavy atom. The Balaban J connectivity index is 2.25. The van der Waals surface area contributed by atoms with Gasteiger partial charge >= 0.3 is 0 Å². The topological polar surface area (TPSA) is 55.4 Å². The Morgan fingerprint density at radius 3 is 2.93 bits per heavy atom. The Kier molecular flexibility index (Phi) is 5.28. The van der Waals surface area contributed by atoms with Crippen molar-refractivity contribution in [2.45, 2.75) is 32.3 Å². The van der Waals surface area contributed by atoms with Gasteiger partial charge in [0.2, 0.25) is 10.0 Å². The van der Waals surface area contributed by atoms with Crippen LogP contribution in [0.1, 0.15) is 26.2 Å². The Bertz CT molecular complexity index is 292. The van der Waals surface area contributed by atoms with Crippen molar-refractivity contribution in [1.82, 2.24) is 4.72 Å². The number of nitrogens with one attached hydrogen (secondary N) is 1. The molecule has 1 rings (SSSR count). The van der Waals surface area contributed by atoms with Crippen LogP contribution in [-0.2, 0) is 14.8 Å². The molecular weight excluding hydrogens is 214 g/mol. The average molecular weight is 233 g/mol. The van der Waals surface area contributed by atoms with E-state index in [-0.39, 0.29) is 11.9 Å². The summed E-state index contributed by atoms with van der Waals surface area (Å²) in [4.78, 5) is 0. The van der Waals surface area contributed by atoms with Gasteiger partial charge in [-0.25, -0.2) is 13.1 Å². The first-order valence-corrected chi connectivity index (χ1v) is 6.99. The smallest absolute Gasteiger partial charge is 0.214 e. The summed E-state index contributed by atoms with van der Waals surface area (Å²) in [6.45, 7) is 3.08. The minimum Gasteiger partial charge on any atom is -0.377 e. The second-order valence-corrected chi connectivity index (χ2v) is 5.52. The molecule has 0 amide bonds. The van der Waals surface area contributed by atoms with Gasteiger partial charge in [-0.05, 0) is 26.2 Å². The summed E-state index contributed by atoms with van der Waals surface area (Å²) >= 11 is 0. The molecule has 1 aliphatic rings. The van der Waals surface area contributed by atoms with Crippen LogP contribution < -0.4 is 4.72 Å². The SMILES string of the molecule is C/C=C/CCNS(=O)(=O)CC1CCCO1. The van der Waals surface area contributed by atoms with Crippen LogP contribution in [0.15, 0.2) is 12.2 Å². The zero-order valence-electron chi connectivity index (χ0n) is 9.11. The molecule has 1 unspecified atom stereocenters. The van der Waals surface area contributed by atoms with Crippen molar-refractivity contribution in [3.8, 4) is 0 Å². The van der Waals surface area contributed by atoms with Crippen LogP contribution >= 0.6 is 0 Å². The van der Waals surface area contributed by atoms with Crippen molar-refractivity contribution in [3.05, 3.63) is 12.2 Å². The van der Waals surface area contributed by atoms with Crippen LogP contribution in [0.4, 0.5) is 0 Å². The molecule has 4 nitrogen and oxygen atoms in total. The van der Waals surface area contributed by atoms with Gasteiger partial charge in [0.15, 0.2) is 0 Å². The molecule has 1 aliphatic heterocycles. The van der Waals surface area contributed by atoms with E-state index in [0.717, 1.165) is 19.3 Å². The normalized spacial score (nSPS) is 22.6. The molecule has 0 aromatic heterocycles. The average Bonchev–Trinajstić information content (AvgIpc) is 2.64. The Labute approximate surface area is 91.8 Å². The molecule has 1 N–H and O–H groups in total. The molecule has 0 aliphatic carbocycles. The fourth-order valence-electron chi connectivity index (χ4n) is 1.54. The lowest BCUT2D eigenvalue weighted by atomic mass is 10.3. The number of ether oxygens (including phenoxy) is 1. The van der Waals surface area contributed by atoms with Gasteiger partial charge in [0.25, 0.3) is 0 Å². The standard InChI is InChI=1S/C10H19NO3S/c1-2-3-4-7-11-15(12,13)9-10-6-5-8-14-10/h2-3,10-11H,4-9H2,1H3/b3-2+. The highest BCUT2D eigenvalue weighted by atomic mass is 32.2. The molecular formula is C10H19NO3S. The highest BCUT2D eigenvalue weighted by molar-refractivity contribution is 7.89. The molecule has 0 radical (unpaired) electrons. The van der Waals surface area contributed by atoms with Gasteiger partial charge in [0.05, 0.1) is 11.9 Å². The van der Waals surface area contributed by atoms with Gasteiger partial charge in [-0.3, -0.25) is 0 Å². The maximum atomic E-state index is 11.5. The molecule has 1 fully saturated rings. The Hall–Kier alpha value is -0.390. The van der Waals surface area contributed by atoms with Crippen molar-refractivity contribution < 1.29 is 13.2 Å². The lowest BCUT2D eigenvalue weighted by Gasteiger charge is -2.10. The molecule has 1 heterocycles. The molecule has 0 saturated carbocycles. The third-order valence-electron chi connectivity index (χ3n) is 2.30. The van der Waals surface area contributed by atoms with Crippen molar-refractivity contribution in [2.24, 2.45) is 0 Å². The first kappa shape index (κ1) is 12.7. The summed E-state index contributed by atoms with van der Waals surface area (Å²) in [5.41, 5.74) is 0. The van der Waals surface area contributed by atoms with Crippen molar-refractivity contribution in [2.75, 3.05) is 18.9 Å². The molecule has 0 aromatic rings. The first-order chi connectivity index (χ1) is 7.14. The molecule has 0 bridgehead atoms. The van der Waals surface area contributed by atoms with E-state index in [0.29, 0.717) is 13.2 Å². The maximum Gasteiger partial charge on any atom is 0.214 e. The van der Waals surface area contributed by atoms with E-state index in [1.165, 1.54) is 0 Å². The van der Waals surface area contributed by atoms with E-state index in [1.54, 1.807) is 0 Å². The van der Waals surface area contributed by atoms with Crippen molar-refractivity contribution in [3.63, 3.8) is 0 Å². The third kappa shape index (κ3) is 5.30. The van der Waals surface area contributed by atoms with E-state index < -0.39 is 10.0 Å². The fourth-order valence-corrected chi connectivity index (χ4v) is 2.84. The lowest BCUT2D eigenvalue weighted by Crippen LogP contribution is -2.32. The quantitative estimate of drug-likeness (QED) is 0.551. The Morgan fingerprint density at radius 1 is 1.53 bits per heavy atom. The molecule has 5 heteroatoms. The van der Waals surface area contributed by atoms with E-state index in [9.17, 15) is 8.42 Å². The fraction of sp³-hybridized carbons (Fsp3) is 0.800. The largest absolute Gasteiger partial charge is 0.377 e. The summed E-state index contributed by atoms with van der Waals surface area (Å²) in [6.07, 6.45) is 6.31. The first-order valence-electron chi connectivity index (χ1n) is 5.34. The number of allylic oxidation sites excluding steroid dienone is 1. The summed E-state index contributed by atoms with van der Waals surface area (Å²) < 4.78 is 30.9. The monoisotopic (exact) mass is 233 g/mol. The van der Waals surface area contributed by atoms with E-state index >= 15 is 0 Å². The van der Waals surface area contributed by atoms with Crippen molar-refractivity contribution in [1.29, 1.82) is 0 Å². The van der Waals surface area contributed by atoms with Gasteiger partial charge < -0.3 is 4.74 Å². The highest BCUT2D eigenvalue weighted by Gasteiger charge is 2.22. The molecule has 1 atom stereocenters. The number of sulfonamides is 1. The predicted octanol–water partition coefficient (Wildman–Crippen LogP) is 1.05. The zero-order chi connectivity index (χ0) is 11.1. The van der Waals surface area contributed by atoms with Gasteiger partial charge in [0.1, 0.15) is 0 Å². The molecule has 0 aromatic carbocycles.